The van der Waals surface area contributed by atoms with Gasteiger partial charge in [-0.1, -0.05) is 12.1 Å². The lowest BCUT2D eigenvalue weighted by Gasteiger charge is -2.18. The molecule has 0 aliphatic rings. The molecule has 3 heteroatoms. The van der Waals surface area contributed by atoms with Crippen molar-refractivity contribution < 1.29 is 4.79 Å². The lowest BCUT2D eigenvalue weighted by molar-refractivity contribution is -0.117. The van der Waals surface area contributed by atoms with Crippen molar-refractivity contribution in [3.8, 4) is 0 Å². The molecule has 0 radical (unpaired) electrons. The topological polar surface area (TPSA) is 32.3 Å². The third kappa shape index (κ3) is 4.04. The van der Waals surface area contributed by atoms with Gasteiger partial charge in [0, 0.05) is 19.3 Å². The molecule has 17 heavy (non-hydrogen) atoms. The second-order valence-electron chi connectivity index (χ2n) is 4.22. The van der Waals surface area contributed by atoms with Crippen molar-refractivity contribution in [3.63, 3.8) is 0 Å². The van der Waals surface area contributed by atoms with Gasteiger partial charge in [0.1, 0.15) is 0 Å². The first-order valence-corrected chi connectivity index (χ1v) is 5.71. The van der Waals surface area contributed by atoms with Crippen LogP contribution in [0.15, 0.2) is 30.9 Å². The third-order valence-corrected chi connectivity index (χ3v) is 2.53. The highest BCUT2D eigenvalue weighted by atomic mass is 16.2. The SMILES string of the molecule is C=CCNCC(=O)N(C)c1cc(C)cc(C)c1. The Morgan fingerprint density at radius 1 is 1.35 bits per heavy atom. The van der Waals surface area contributed by atoms with E-state index in [9.17, 15) is 4.79 Å². The Morgan fingerprint density at radius 3 is 2.47 bits per heavy atom. The second kappa shape index (κ2) is 6.21. The zero-order valence-electron chi connectivity index (χ0n) is 10.8. The van der Waals surface area contributed by atoms with Gasteiger partial charge in [0.15, 0.2) is 0 Å². The van der Waals surface area contributed by atoms with Crippen LogP contribution in [-0.2, 0) is 4.79 Å². The first-order chi connectivity index (χ1) is 8.04. The normalized spacial score (nSPS) is 10.1. The molecule has 0 atom stereocenters. The maximum atomic E-state index is 11.9. The number of anilines is 1. The summed E-state index contributed by atoms with van der Waals surface area (Å²) in [5, 5.41) is 3.01. The van der Waals surface area contributed by atoms with E-state index in [1.54, 1.807) is 18.0 Å². The summed E-state index contributed by atoms with van der Waals surface area (Å²) < 4.78 is 0. The van der Waals surface area contributed by atoms with Gasteiger partial charge in [-0.2, -0.15) is 0 Å². The van der Waals surface area contributed by atoms with E-state index >= 15 is 0 Å². The number of nitrogens with zero attached hydrogens (tertiary/aromatic N) is 1. The Balaban J connectivity index is 2.70. The molecule has 1 rings (SSSR count). The fraction of sp³-hybridized carbons (Fsp3) is 0.357. The van der Waals surface area contributed by atoms with Gasteiger partial charge in [-0.25, -0.2) is 0 Å². The molecule has 0 saturated carbocycles. The van der Waals surface area contributed by atoms with E-state index in [2.05, 4.69) is 18.0 Å². The molecule has 0 aliphatic carbocycles. The van der Waals surface area contributed by atoms with E-state index in [0.29, 0.717) is 13.1 Å². The average molecular weight is 232 g/mol. The summed E-state index contributed by atoms with van der Waals surface area (Å²) in [5.74, 6) is 0.0526. The summed E-state index contributed by atoms with van der Waals surface area (Å²) in [5.41, 5.74) is 3.27. The number of amides is 1. The van der Waals surface area contributed by atoms with Gasteiger partial charge >= 0.3 is 0 Å². The van der Waals surface area contributed by atoms with Crippen molar-refractivity contribution in [2.75, 3.05) is 25.0 Å². The van der Waals surface area contributed by atoms with Crippen LogP contribution >= 0.6 is 0 Å². The first kappa shape index (κ1) is 13.5. The van der Waals surface area contributed by atoms with E-state index in [4.69, 9.17) is 0 Å². The number of likely N-dealkylation sites (N-methyl/N-ethyl adjacent to an activating group) is 1. The van der Waals surface area contributed by atoms with Gasteiger partial charge in [-0.15, -0.1) is 6.58 Å². The minimum atomic E-state index is 0.0526. The van der Waals surface area contributed by atoms with Crippen molar-refractivity contribution in [1.29, 1.82) is 0 Å². The predicted octanol–water partition coefficient (Wildman–Crippen LogP) is 2.04. The van der Waals surface area contributed by atoms with Gasteiger partial charge in [0.25, 0.3) is 0 Å². The Morgan fingerprint density at radius 2 is 1.94 bits per heavy atom. The number of benzene rings is 1. The summed E-state index contributed by atoms with van der Waals surface area (Å²) in [6.45, 7) is 8.64. The molecule has 0 aromatic heterocycles. The number of carbonyl (C=O) groups is 1. The molecule has 0 heterocycles. The fourth-order valence-electron chi connectivity index (χ4n) is 1.69. The van der Waals surface area contributed by atoms with E-state index in [-0.39, 0.29) is 5.91 Å². The van der Waals surface area contributed by atoms with Crippen molar-refractivity contribution in [2.24, 2.45) is 0 Å². The van der Waals surface area contributed by atoms with Crippen LogP contribution in [0, 0.1) is 13.8 Å². The number of hydrogen-bond acceptors (Lipinski definition) is 2. The zero-order chi connectivity index (χ0) is 12.8. The number of rotatable bonds is 5. The van der Waals surface area contributed by atoms with E-state index in [1.807, 2.05) is 26.0 Å². The number of hydrogen-bond donors (Lipinski definition) is 1. The molecular formula is C14H20N2O. The van der Waals surface area contributed by atoms with Crippen molar-refractivity contribution in [2.45, 2.75) is 13.8 Å². The van der Waals surface area contributed by atoms with Gasteiger partial charge in [0.2, 0.25) is 5.91 Å². The molecule has 3 nitrogen and oxygen atoms in total. The molecule has 1 N–H and O–H groups in total. The zero-order valence-corrected chi connectivity index (χ0v) is 10.8. The summed E-state index contributed by atoms with van der Waals surface area (Å²) in [6, 6.07) is 6.12. The molecule has 0 unspecified atom stereocenters. The van der Waals surface area contributed by atoms with Crippen molar-refractivity contribution in [1.82, 2.24) is 5.32 Å². The maximum absolute atomic E-state index is 11.9. The van der Waals surface area contributed by atoms with E-state index in [0.717, 1.165) is 5.69 Å². The lowest BCUT2D eigenvalue weighted by atomic mass is 10.1. The number of carbonyl (C=O) groups excluding carboxylic acids is 1. The molecule has 0 spiro atoms. The minimum Gasteiger partial charge on any atom is -0.314 e. The summed E-state index contributed by atoms with van der Waals surface area (Å²) >= 11 is 0. The third-order valence-electron chi connectivity index (χ3n) is 2.53. The standard InChI is InChI=1S/C14H20N2O/c1-5-6-15-10-14(17)16(4)13-8-11(2)7-12(3)9-13/h5,7-9,15H,1,6,10H2,2-4H3. The van der Waals surface area contributed by atoms with Crippen LogP contribution in [0.25, 0.3) is 0 Å². The largest absolute Gasteiger partial charge is 0.314 e. The molecular weight excluding hydrogens is 212 g/mol. The Hall–Kier alpha value is -1.61. The van der Waals surface area contributed by atoms with Crippen LogP contribution in [0.3, 0.4) is 0 Å². The van der Waals surface area contributed by atoms with Gasteiger partial charge in [-0.05, 0) is 37.1 Å². The van der Waals surface area contributed by atoms with Crippen LogP contribution in [-0.4, -0.2) is 26.0 Å². The quantitative estimate of drug-likeness (QED) is 0.622. The Kier molecular flexibility index (Phi) is 4.91. The van der Waals surface area contributed by atoms with Crippen LogP contribution < -0.4 is 10.2 Å². The van der Waals surface area contributed by atoms with Gasteiger partial charge < -0.3 is 10.2 Å². The summed E-state index contributed by atoms with van der Waals surface area (Å²) in [4.78, 5) is 13.5. The molecule has 0 bridgehead atoms. The molecule has 92 valence electrons. The van der Waals surface area contributed by atoms with Crippen LogP contribution in [0.1, 0.15) is 11.1 Å². The number of aryl methyl sites for hydroxylation is 2. The first-order valence-electron chi connectivity index (χ1n) is 5.71. The van der Waals surface area contributed by atoms with Gasteiger partial charge in [0.05, 0.1) is 6.54 Å². The molecule has 1 amide bonds. The van der Waals surface area contributed by atoms with Crippen molar-refractivity contribution in [3.05, 3.63) is 42.0 Å². The Bertz CT molecular complexity index is 392. The molecule has 0 saturated heterocycles. The highest BCUT2D eigenvalue weighted by Crippen LogP contribution is 2.17. The average Bonchev–Trinajstić information content (AvgIpc) is 2.27. The van der Waals surface area contributed by atoms with Crippen LogP contribution in [0.5, 0.6) is 0 Å². The molecule has 0 aliphatic heterocycles. The van der Waals surface area contributed by atoms with Crippen LogP contribution in [0.4, 0.5) is 5.69 Å². The highest BCUT2D eigenvalue weighted by molar-refractivity contribution is 5.94. The minimum absolute atomic E-state index is 0.0526. The maximum Gasteiger partial charge on any atom is 0.240 e. The smallest absolute Gasteiger partial charge is 0.240 e. The van der Waals surface area contributed by atoms with Crippen molar-refractivity contribution >= 4 is 11.6 Å². The highest BCUT2D eigenvalue weighted by Gasteiger charge is 2.10. The summed E-state index contributed by atoms with van der Waals surface area (Å²) in [6.07, 6.45) is 1.74. The molecule has 1 aromatic rings. The molecule has 1 aromatic carbocycles. The Labute approximate surface area is 103 Å². The monoisotopic (exact) mass is 232 g/mol. The van der Waals surface area contributed by atoms with E-state index < -0.39 is 0 Å². The van der Waals surface area contributed by atoms with Gasteiger partial charge in [-0.3, -0.25) is 4.79 Å². The number of nitrogens with one attached hydrogen (secondary N) is 1. The second-order valence-corrected chi connectivity index (χ2v) is 4.22. The summed E-state index contributed by atoms with van der Waals surface area (Å²) in [7, 11) is 1.80. The van der Waals surface area contributed by atoms with Crippen LogP contribution in [0.2, 0.25) is 0 Å². The van der Waals surface area contributed by atoms with E-state index in [1.165, 1.54) is 11.1 Å². The molecule has 0 fully saturated rings. The fourth-order valence-corrected chi connectivity index (χ4v) is 1.69. The lowest BCUT2D eigenvalue weighted by Crippen LogP contribution is -2.35. The predicted molar refractivity (Wildman–Crippen MR) is 72.4 cm³/mol.